The zero-order chi connectivity index (χ0) is 13.2. The summed E-state index contributed by atoms with van der Waals surface area (Å²) >= 11 is 0. The molecule has 0 bridgehead atoms. The van der Waals surface area contributed by atoms with Crippen molar-refractivity contribution in [2.45, 2.75) is 31.6 Å². The minimum Gasteiger partial charge on any atom is -0.478 e. The van der Waals surface area contributed by atoms with Gasteiger partial charge in [-0.05, 0) is 18.9 Å². The van der Waals surface area contributed by atoms with E-state index in [2.05, 4.69) is 15.1 Å². The molecule has 0 saturated heterocycles. The molecule has 0 unspecified atom stereocenters. The molecule has 2 heterocycles. The van der Waals surface area contributed by atoms with E-state index in [9.17, 15) is 9.90 Å². The van der Waals surface area contributed by atoms with E-state index in [0.717, 1.165) is 25.7 Å². The van der Waals surface area contributed by atoms with E-state index < -0.39 is 5.97 Å². The molecule has 0 atom stereocenters. The first-order valence-corrected chi connectivity index (χ1v) is 6.36. The fraction of sp³-hybridized carbons (Fsp3) is 0.385. The van der Waals surface area contributed by atoms with E-state index in [0.29, 0.717) is 11.6 Å². The molecule has 1 fully saturated rings. The predicted octanol–water partition coefficient (Wildman–Crippen LogP) is 2.02. The molecule has 1 aliphatic rings. The molecular weight excluding hydrogens is 244 g/mol. The predicted molar refractivity (Wildman–Crippen MR) is 67.3 cm³/mol. The standard InChI is InChI=1S/C13H14N4O2/c18-12(19)10-8-17(13-14-6-3-7-15-13)16-11(10)9-4-1-2-5-9/h3,6-9H,1-2,4-5H2,(H,18,19). The molecule has 2 aromatic heterocycles. The average molecular weight is 258 g/mol. The van der Waals surface area contributed by atoms with Gasteiger partial charge in [-0.25, -0.2) is 19.4 Å². The van der Waals surface area contributed by atoms with Crippen molar-refractivity contribution in [2.24, 2.45) is 0 Å². The van der Waals surface area contributed by atoms with Crippen LogP contribution < -0.4 is 0 Å². The molecule has 0 spiro atoms. The molecular formula is C13H14N4O2. The van der Waals surface area contributed by atoms with Crippen LogP contribution in [0.3, 0.4) is 0 Å². The van der Waals surface area contributed by atoms with E-state index >= 15 is 0 Å². The summed E-state index contributed by atoms with van der Waals surface area (Å²) in [6, 6.07) is 1.71. The summed E-state index contributed by atoms with van der Waals surface area (Å²) in [5.74, 6) is -0.297. The van der Waals surface area contributed by atoms with Gasteiger partial charge in [0.05, 0.1) is 5.69 Å². The first-order valence-electron chi connectivity index (χ1n) is 6.36. The number of aromatic nitrogens is 4. The summed E-state index contributed by atoms with van der Waals surface area (Å²) in [7, 11) is 0. The van der Waals surface area contributed by atoms with Gasteiger partial charge in [-0.15, -0.1) is 0 Å². The average Bonchev–Trinajstić information content (AvgIpc) is 3.08. The Balaban J connectivity index is 2.04. The van der Waals surface area contributed by atoms with E-state index in [1.54, 1.807) is 18.5 Å². The van der Waals surface area contributed by atoms with Crippen molar-refractivity contribution in [3.8, 4) is 5.95 Å². The van der Waals surface area contributed by atoms with Crippen LogP contribution in [-0.2, 0) is 0 Å². The Bertz CT molecular complexity index is 588. The molecule has 3 rings (SSSR count). The normalized spacial score (nSPS) is 15.8. The van der Waals surface area contributed by atoms with Crippen molar-refractivity contribution in [1.82, 2.24) is 19.7 Å². The number of rotatable bonds is 3. The van der Waals surface area contributed by atoms with E-state index in [1.807, 2.05) is 0 Å². The van der Waals surface area contributed by atoms with Crippen LogP contribution in [0, 0.1) is 0 Å². The molecule has 6 heteroatoms. The Morgan fingerprint density at radius 1 is 1.26 bits per heavy atom. The van der Waals surface area contributed by atoms with Gasteiger partial charge in [0, 0.05) is 24.5 Å². The molecule has 6 nitrogen and oxygen atoms in total. The third kappa shape index (κ3) is 2.21. The highest BCUT2D eigenvalue weighted by atomic mass is 16.4. The van der Waals surface area contributed by atoms with Crippen molar-refractivity contribution in [3.63, 3.8) is 0 Å². The molecule has 0 amide bonds. The third-order valence-corrected chi connectivity index (χ3v) is 3.47. The second kappa shape index (κ2) is 4.79. The number of nitrogens with zero attached hydrogens (tertiary/aromatic N) is 4. The van der Waals surface area contributed by atoms with Crippen molar-refractivity contribution >= 4 is 5.97 Å². The molecule has 2 aromatic rings. The van der Waals surface area contributed by atoms with Crippen LogP contribution in [0.2, 0.25) is 0 Å². The quantitative estimate of drug-likeness (QED) is 0.910. The summed E-state index contributed by atoms with van der Waals surface area (Å²) in [5, 5.41) is 13.7. The van der Waals surface area contributed by atoms with Gasteiger partial charge in [0.1, 0.15) is 5.56 Å². The largest absolute Gasteiger partial charge is 0.478 e. The minimum absolute atomic E-state index is 0.246. The van der Waals surface area contributed by atoms with Crippen LogP contribution in [0.4, 0.5) is 0 Å². The maximum Gasteiger partial charge on any atom is 0.339 e. The first kappa shape index (κ1) is 11.8. The lowest BCUT2D eigenvalue weighted by molar-refractivity contribution is 0.0695. The second-order valence-corrected chi connectivity index (χ2v) is 4.71. The molecule has 1 aliphatic carbocycles. The van der Waals surface area contributed by atoms with E-state index in [4.69, 9.17) is 0 Å². The fourth-order valence-electron chi connectivity index (χ4n) is 2.56. The molecule has 98 valence electrons. The van der Waals surface area contributed by atoms with Crippen LogP contribution >= 0.6 is 0 Å². The molecule has 1 saturated carbocycles. The van der Waals surface area contributed by atoms with Gasteiger partial charge in [0.25, 0.3) is 0 Å². The van der Waals surface area contributed by atoms with Crippen molar-refractivity contribution < 1.29 is 9.90 Å². The molecule has 0 aromatic carbocycles. The Morgan fingerprint density at radius 3 is 2.58 bits per heavy atom. The lowest BCUT2D eigenvalue weighted by Crippen LogP contribution is -2.04. The summed E-state index contributed by atoms with van der Waals surface area (Å²) in [6.45, 7) is 0. The summed E-state index contributed by atoms with van der Waals surface area (Å²) in [5.41, 5.74) is 0.928. The Labute approximate surface area is 110 Å². The highest BCUT2D eigenvalue weighted by Gasteiger charge is 2.26. The van der Waals surface area contributed by atoms with Gasteiger partial charge in [0.2, 0.25) is 5.95 Å². The maximum absolute atomic E-state index is 11.3. The van der Waals surface area contributed by atoms with Gasteiger partial charge < -0.3 is 5.11 Å². The van der Waals surface area contributed by atoms with E-state index in [-0.39, 0.29) is 11.5 Å². The third-order valence-electron chi connectivity index (χ3n) is 3.47. The van der Waals surface area contributed by atoms with Gasteiger partial charge >= 0.3 is 5.97 Å². The van der Waals surface area contributed by atoms with Gasteiger partial charge in [0.15, 0.2) is 0 Å². The van der Waals surface area contributed by atoms with Crippen LogP contribution in [0.25, 0.3) is 5.95 Å². The second-order valence-electron chi connectivity index (χ2n) is 4.71. The number of hydrogen-bond acceptors (Lipinski definition) is 4. The Hall–Kier alpha value is -2.24. The molecule has 0 aliphatic heterocycles. The number of carbonyl (C=O) groups is 1. The van der Waals surface area contributed by atoms with Crippen molar-refractivity contribution in [1.29, 1.82) is 0 Å². The zero-order valence-corrected chi connectivity index (χ0v) is 10.4. The number of carboxylic acid groups (broad SMARTS) is 1. The zero-order valence-electron chi connectivity index (χ0n) is 10.4. The highest BCUT2D eigenvalue weighted by molar-refractivity contribution is 5.89. The lowest BCUT2D eigenvalue weighted by Gasteiger charge is -2.05. The molecule has 1 N–H and O–H groups in total. The molecule has 0 radical (unpaired) electrons. The Morgan fingerprint density at radius 2 is 1.95 bits per heavy atom. The smallest absolute Gasteiger partial charge is 0.339 e. The first-order chi connectivity index (χ1) is 9.25. The van der Waals surface area contributed by atoms with Crippen LogP contribution in [0.1, 0.15) is 47.7 Å². The van der Waals surface area contributed by atoms with Crippen LogP contribution in [0.5, 0.6) is 0 Å². The minimum atomic E-state index is -0.941. The summed E-state index contributed by atoms with van der Waals surface area (Å²) in [6.07, 6.45) is 9.02. The fourth-order valence-corrected chi connectivity index (χ4v) is 2.56. The van der Waals surface area contributed by atoms with Gasteiger partial charge in [-0.1, -0.05) is 12.8 Å². The van der Waals surface area contributed by atoms with Crippen molar-refractivity contribution in [2.75, 3.05) is 0 Å². The highest BCUT2D eigenvalue weighted by Crippen LogP contribution is 2.35. The van der Waals surface area contributed by atoms with Crippen LogP contribution in [0.15, 0.2) is 24.7 Å². The van der Waals surface area contributed by atoms with Gasteiger partial charge in [-0.3, -0.25) is 0 Å². The number of carboxylic acids is 1. The van der Waals surface area contributed by atoms with Gasteiger partial charge in [-0.2, -0.15) is 5.10 Å². The lowest BCUT2D eigenvalue weighted by atomic mass is 10.0. The maximum atomic E-state index is 11.3. The SMILES string of the molecule is O=C(O)c1cn(-c2ncccn2)nc1C1CCCC1. The topological polar surface area (TPSA) is 80.9 Å². The van der Waals surface area contributed by atoms with Crippen LogP contribution in [-0.4, -0.2) is 30.8 Å². The number of aromatic carboxylic acids is 1. The number of hydrogen-bond donors (Lipinski definition) is 1. The Kier molecular flexibility index (Phi) is 2.98. The van der Waals surface area contributed by atoms with Crippen molar-refractivity contribution in [3.05, 3.63) is 35.9 Å². The monoisotopic (exact) mass is 258 g/mol. The molecule has 19 heavy (non-hydrogen) atoms. The summed E-state index contributed by atoms with van der Waals surface area (Å²) in [4.78, 5) is 19.5. The summed E-state index contributed by atoms with van der Waals surface area (Å²) < 4.78 is 1.46. The van der Waals surface area contributed by atoms with E-state index in [1.165, 1.54) is 10.9 Å².